The van der Waals surface area contributed by atoms with Crippen molar-refractivity contribution in [3.05, 3.63) is 23.5 Å². The van der Waals surface area contributed by atoms with E-state index < -0.39 is 6.04 Å². The van der Waals surface area contributed by atoms with Gasteiger partial charge in [-0.2, -0.15) is 0 Å². The second kappa shape index (κ2) is 4.40. The molecule has 102 valence electrons. The summed E-state index contributed by atoms with van der Waals surface area (Å²) in [6.45, 7) is 2.56. The molecule has 2 heterocycles. The summed E-state index contributed by atoms with van der Waals surface area (Å²) in [4.78, 5) is 28.9. The smallest absolute Gasteiger partial charge is 0.256 e. The van der Waals surface area contributed by atoms with Gasteiger partial charge in [-0.3, -0.25) is 9.59 Å². The molecule has 2 aliphatic rings. The largest absolute Gasteiger partial charge is 0.368 e. The third kappa shape index (κ3) is 1.84. The fourth-order valence-electron chi connectivity index (χ4n) is 3.71. The van der Waals surface area contributed by atoms with Crippen LogP contribution in [0.25, 0.3) is 0 Å². The maximum Gasteiger partial charge on any atom is 0.256 e. The quantitative estimate of drug-likeness (QED) is 0.834. The first-order chi connectivity index (χ1) is 9.09. The van der Waals surface area contributed by atoms with Crippen LogP contribution in [0.15, 0.2) is 12.4 Å². The van der Waals surface area contributed by atoms with Crippen LogP contribution >= 0.6 is 0 Å². The SMILES string of the molecule is Cc1c[nH]cc1C(=O)N1CC2CCCC2C1C(N)=O. The van der Waals surface area contributed by atoms with Crippen LogP contribution in [0.4, 0.5) is 0 Å². The van der Waals surface area contributed by atoms with Gasteiger partial charge >= 0.3 is 0 Å². The van der Waals surface area contributed by atoms with Gasteiger partial charge in [0.1, 0.15) is 6.04 Å². The number of H-pyrrole nitrogens is 1. The number of nitrogens with one attached hydrogen (secondary N) is 1. The molecule has 3 N–H and O–H groups in total. The summed E-state index contributed by atoms with van der Waals surface area (Å²) >= 11 is 0. The number of aryl methyl sites for hydroxylation is 1. The predicted octanol–water partition coefficient (Wildman–Crippen LogP) is 1.05. The number of amides is 2. The zero-order valence-corrected chi connectivity index (χ0v) is 11.1. The van der Waals surface area contributed by atoms with Crippen LogP contribution in [0.5, 0.6) is 0 Å². The molecule has 1 saturated carbocycles. The van der Waals surface area contributed by atoms with Crippen LogP contribution in [0, 0.1) is 18.8 Å². The fraction of sp³-hybridized carbons (Fsp3) is 0.571. The van der Waals surface area contributed by atoms with Crippen LogP contribution in [0.3, 0.4) is 0 Å². The topological polar surface area (TPSA) is 79.2 Å². The molecule has 1 aliphatic carbocycles. The number of fused-ring (bicyclic) bond motifs is 1. The van der Waals surface area contributed by atoms with Crippen molar-refractivity contribution >= 4 is 11.8 Å². The number of likely N-dealkylation sites (tertiary alicyclic amines) is 1. The van der Waals surface area contributed by atoms with Crippen molar-refractivity contribution in [2.75, 3.05) is 6.54 Å². The molecule has 5 nitrogen and oxygen atoms in total. The Kier molecular flexibility index (Phi) is 2.84. The number of rotatable bonds is 2. The van der Waals surface area contributed by atoms with Gasteiger partial charge in [0.2, 0.25) is 5.91 Å². The lowest BCUT2D eigenvalue weighted by Gasteiger charge is -2.25. The minimum Gasteiger partial charge on any atom is -0.368 e. The maximum atomic E-state index is 12.6. The van der Waals surface area contributed by atoms with Crippen molar-refractivity contribution in [1.29, 1.82) is 0 Å². The van der Waals surface area contributed by atoms with Gasteiger partial charge in [0.25, 0.3) is 5.91 Å². The number of aromatic nitrogens is 1. The van der Waals surface area contributed by atoms with Gasteiger partial charge in [0.15, 0.2) is 0 Å². The number of primary amides is 1. The number of nitrogens with zero attached hydrogens (tertiary/aromatic N) is 1. The number of nitrogens with two attached hydrogens (primary N) is 1. The average molecular weight is 261 g/mol. The maximum absolute atomic E-state index is 12.6. The van der Waals surface area contributed by atoms with Crippen LogP contribution in [-0.4, -0.2) is 34.3 Å². The molecule has 5 heteroatoms. The van der Waals surface area contributed by atoms with Gasteiger partial charge in [-0.05, 0) is 37.2 Å². The summed E-state index contributed by atoms with van der Waals surface area (Å²) < 4.78 is 0. The summed E-state index contributed by atoms with van der Waals surface area (Å²) in [5.41, 5.74) is 7.09. The van der Waals surface area contributed by atoms with Gasteiger partial charge in [-0.25, -0.2) is 0 Å². The molecule has 19 heavy (non-hydrogen) atoms. The first-order valence-electron chi connectivity index (χ1n) is 6.83. The highest BCUT2D eigenvalue weighted by Crippen LogP contribution is 2.42. The van der Waals surface area contributed by atoms with Crippen LogP contribution in [-0.2, 0) is 4.79 Å². The summed E-state index contributed by atoms with van der Waals surface area (Å²) in [7, 11) is 0. The van der Waals surface area contributed by atoms with E-state index in [0.29, 0.717) is 18.0 Å². The van der Waals surface area contributed by atoms with Crippen LogP contribution in [0.2, 0.25) is 0 Å². The Morgan fingerprint density at radius 3 is 2.79 bits per heavy atom. The van der Waals surface area contributed by atoms with Gasteiger partial charge in [0.05, 0.1) is 5.56 Å². The molecular weight excluding hydrogens is 242 g/mol. The summed E-state index contributed by atoms with van der Waals surface area (Å²) in [6, 6.07) is -0.422. The summed E-state index contributed by atoms with van der Waals surface area (Å²) in [6.07, 6.45) is 6.75. The first-order valence-corrected chi connectivity index (χ1v) is 6.83. The van der Waals surface area contributed by atoms with E-state index in [2.05, 4.69) is 4.98 Å². The van der Waals surface area contributed by atoms with E-state index in [-0.39, 0.29) is 17.7 Å². The predicted molar refractivity (Wildman–Crippen MR) is 70.4 cm³/mol. The molecular formula is C14H19N3O2. The Labute approximate surface area is 112 Å². The van der Waals surface area contributed by atoms with Gasteiger partial charge < -0.3 is 15.6 Å². The molecule has 0 radical (unpaired) electrons. The monoisotopic (exact) mass is 261 g/mol. The van der Waals surface area contributed by atoms with E-state index in [1.54, 1.807) is 17.3 Å². The normalized spacial score (nSPS) is 29.5. The zero-order valence-electron chi connectivity index (χ0n) is 11.1. The molecule has 1 aromatic heterocycles. The van der Waals surface area contributed by atoms with E-state index in [4.69, 9.17) is 5.73 Å². The number of aromatic amines is 1. The highest BCUT2D eigenvalue weighted by molar-refractivity contribution is 5.98. The van der Waals surface area contributed by atoms with Crippen molar-refractivity contribution in [3.63, 3.8) is 0 Å². The van der Waals surface area contributed by atoms with Crippen molar-refractivity contribution in [1.82, 2.24) is 9.88 Å². The van der Waals surface area contributed by atoms with Gasteiger partial charge in [-0.15, -0.1) is 0 Å². The highest BCUT2D eigenvalue weighted by Gasteiger charge is 2.48. The number of carbonyl (C=O) groups excluding carboxylic acids is 2. The second-order valence-electron chi connectivity index (χ2n) is 5.71. The van der Waals surface area contributed by atoms with Crippen LogP contribution < -0.4 is 5.73 Å². The molecule has 1 aromatic rings. The van der Waals surface area contributed by atoms with Gasteiger partial charge in [-0.1, -0.05) is 6.42 Å². The fourth-order valence-corrected chi connectivity index (χ4v) is 3.71. The summed E-state index contributed by atoms with van der Waals surface area (Å²) in [5.74, 6) is 0.272. The molecule has 0 spiro atoms. The second-order valence-corrected chi connectivity index (χ2v) is 5.71. The molecule has 3 rings (SSSR count). The molecule has 3 atom stereocenters. The van der Waals surface area contributed by atoms with Crippen molar-refractivity contribution in [2.45, 2.75) is 32.2 Å². The van der Waals surface area contributed by atoms with E-state index in [9.17, 15) is 9.59 Å². The Morgan fingerprint density at radius 1 is 1.37 bits per heavy atom. The van der Waals surface area contributed by atoms with Crippen molar-refractivity contribution < 1.29 is 9.59 Å². The Bertz CT molecular complexity index is 523. The third-order valence-corrected chi connectivity index (χ3v) is 4.63. The molecule has 1 saturated heterocycles. The molecule has 2 fully saturated rings. The lowest BCUT2D eigenvalue weighted by atomic mass is 9.93. The highest BCUT2D eigenvalue weighted by atomic mass is 16.2. The lowest BCUT2D eigenvalue weighted by Crippen LogP contribution is -2.46. The lowest BCUT2D eigenvalue weighted by molar-refractivity contribution is -0.122. The molecule has 0 aromatic carbocycles. The molecule has 1 aliphatic heterocycles. The van der Waals surface area contributed by atoms with E-state index >= 15 is 0 Å². The summed E-state index contributed by atoms with van der Waals surface area (Å²) in [5, 5.41) is 0. The van der Waals surface area contributed by atoms with Crippen LogP contribution in [0.1, 0.15) is 35.2 Å². The number of hydrogen-bond acceptors (Lipinski definition) is 2. The standard InChI is InChI=1S/C14H19N3O2/c1-8-5-16-6-11(8)14(19)17-7-9-3-2-4-10(9)12(17)13(15)18/h5-6,9-10,12,16H,2-4,7H2,1H3,(H2,15,18). The van der Waals surface area contributed by atoms with Crippen molar-refractivity contribution in [3.8, 4) is 0 Å². The Hall–Kier alpha value is -1.78. The average Bonchev–Trinajstić information content (AvgIpc) is 3.00. The van der Waals surface area contributed by atoms with Crippen molar-refractivity contribution in [2.24, 2.45) is 17.6 Å². The molecule has 3 unspecified atom stereocenters. The molecule has 2 amide bonds. The number of carbonyl (C=O) groups is 2. The first kappa shape index (κ1) is 12.3. The van der Waals surface area contributed by atoms with Gasteiger partial charge in [0, 0.05) is 18.9 Å². The van der Waals surface area contributed by atoms with E-state index in [1.807, 2.05) is 6.92 Å². The Balaban J connectivity index is 1.90. The van der Waals surface area contributed by atoms with E-state index in [1.165, 1.54) is 0 Å². The zero-order chi connectivity index (χ0) is 13.6. The number of hydrogen-bond donors (Lipinski definition) is 2. The molecule has 0 bridgehead atoms. The Morgan fingerprint density at radius 2 is 2.16 bits per heavy atom. The third-order valence-electron chi connectivity index (χ3n) is 4.63. The van der Waals surface area contributed by atoms with E-state index in [0.717, 1.165) is 24.8 Å². The minimum absolute atomic E-state index is 0.0723. The minimum atomic E-state index is -0.422.